The molecule has 0 aromatic heterocycles. The van der Waals surface area contributed by atoms with Gasteiger partial charge < -0.3 is 4.90 Å². The number of hydrogen-bond acceptors (Lipinski definition) is 2. The molecule has 2 rings (SSSR count). The van der Waals surface area contributed by atoms with Gasteiger partial charge in [-0.3, -0.25) is 0 Å². The fraction of sp³-hybridized carbons (Fsp3) is 0.300. The van der Waals surface area contributed by atoms with Gasteiger partial charge in [-0.15, -0.1) is 0 Å². The summed E-state index contributed by atoms with van der Waals surface area (Å²) in [4.78, 5) is 2.24. The predicted molar refractivity (Wildman–Crippen MR) is 53.0 cm³/mol. The van der Waals surface area contributed by atoms with E-state index in [1.165, 1.54) is 6.42 Å². The second-order valence-corrected chi connectivity index (χ2v) is 3.52. The summed E-state index contributed by atoms with van der Waals surface area (Å²) in [5, 5.41) is 9.22. The van der Waals surface area contributed by atoms with Gasteiger partial charge in [0.05, 0.1) is 10.6 Å². The van der Waals surface area contributed by atoms with E-state index in [1.807, 2.05) is 18.2 Å². The van der Waals surface area contributed by atoms with E-state index in [0.717, 1.165) is 18.8 Å². The maximum absolute atomic E-state index is 8.67. The van der Waals surface area contributed by atoms with Gasteiger partial charge in [0.2, 0.25) is 0 Å². The Morgan fingerprint density at radius 3 is 2.62 bits per heavy atom. The van der Waals surface area contributed by atoms with Crippen LogP contribution in [0.4, 0.5) is 5.69 Å². The first-order valence-corrected chi connectivity index (χ1v) is 4.63. The Bertz CT molecular complexity index is 364. The lowest BCUT2D eigenvalue weighted by molar-refractivity contribution is 0.618. The Kier molecular flexibility index (Phi) is 2.12. The van der Waals surface area contributed by atoms with E-state index in [-0.39, 0.29) is 0 Å². The Morgan fingerprint density at radius 2 is 2.15 bits per heavy atom. The highest BCUT2D eigenvalue weighted by Crippen LogP contribution is 2.26. The molecule has 66 valence electrons. The minimum atomic E-state index is 0.547. The molecule has 0 unspecified atom stereocenters. The number of nitrogens with zero attached hydrogens (tertiary/aromatic N) is 2. The van der Waals surface area contributed by atoms with Gasteiger partial charge in [-0.25, -0.2) is 0 Å². The van der Waals surface area contributed by atoms with E-state index in [2.05, 4.69) is 4.90 Å². The summed E-state index contributed by atoms with van der Waals surface area (Å²) in [6.45, 7) is 2.20. The van der Waals surface area contributed by atoms with Crippen LogP contribution in [0.5, 0.6) is 0 Å². The number of nitriles is 1. The second kappa shape index (κ2) is 3.27. The predicted octanol–water partition coefficient (Wildman–Crippen LogP) is 2.42. The van der Waals surface area contributed by atoms with E-state index in [4.69, 9.17) is 16.9 Å². The Labute approximate surface area is 82.3 Å². The number of rotatable bonds is 1. The highest BCUT2D eigenvalue weighted by molar-refractivity contribution is 6.32. The first kappa shape index (κ1) is 8.40. The average molecular weight is 193 g/mol. The largest absolute Gasteiger partial charge is 0.371 e. The van der Waals surface area contributed by atoms with Crippen molar-refractivity contribution in [1.82, 2.24) is 0 Å². The van der Waals surface area contributed by atoms with Gasteiger partial charge in [0.1, 0.15) is 6.07 Å². The van der Waals surface area contributed by atoms with Crippen LogP contribution >= 0.6 is 11.6 Å². The van der Waals surface area contributed by atoms with Crippen LogP contribution in [-0.2, 0) is 0 Å². The summed E-state index contributed by atoms with van der Waals surface area (Å²) in [5.74, 6) is 0. The Balaban J connectivity index is 2.30. The molecule has 0 saturated carbocycles. The van der Waals surface area contributed by atoms with Gasteiger partial charge in [0, 0.05) is 18.8 Å². The molecule has 0 N–H and O–H groups in total. The van der Waals surface area contributed by atoms with Crippen molar-refractivity contribution in [2.75, 3.05) is 18.0 Å². The zero-order valence-electron chi connectivity index (χ0n) is 7.13. The maximum Gasteiger partial charge on any atom is 0.101 e. The SMILES string of the molecule is N#Cc1ccc(N2CCC2)cc1Cl. The van der Waals surface area contributed by atoms with Crippen molar-refractivity contribution in [2.45, 2.75) is 6.42 Å². The monoisotopic (exact) mass is 192 g/mol. The van der Waals surface area contributed by atoms with Crippen LogP contribution < -0.4 is 4.90 Å². The molecule has 1 aliphatic heterocycles. The zero-order valence-corrected chi connectivity index (χ0v) is 7.88. The first-order chi connectivity index (χ1) is 6.31. The topological polar surface area (TPSA) is 27.0 Å². The molecule has 0 spiro atoms. The fourth-order valence-corrected chi connectivity index (χ4v) is 1.58. The smallest absolute Gasteiger partial charge is 0.101 e. The summed E-state index contributed by atoms with van der Waals surface area (Å²) < 4.78 is 0. The molecule has 1 aromatic carbocycles. The third-order valence-corrected chi connectivity index (χ3v) is 2.61. The van der Waals surface area contributed by atoms with Gasteiger partial charge in [0.15, 0.2) is 0 Å². The zero-order chi connectivity index (χ0) is 9.26. The van der Waals surface area contributed by atoms with E-state index in [0.29, 0.717) is 10.6 Å². The third kappa shape index (κ3) is 1.48. The number of anilines is 1. The van der Waals surface area contributed by atoms with Crippen LogP contribution in [0.3, 0.4) is 0 Å². The van der Waals surface area contributed by atoms with E-state index in [9.17, 15) is 0 Å². The lowest BCUT2D eigenvalue weighted by Gasteiger charge is -2.33. The highest BCUT2D eigenvalue weighted by atomic mass is 35.5. The van der Waals surface area contributed by atoms with Crippen LogP contribution in [0.1, 0.15) is 12.0 Å². The van der Waals surface area contributed by atoms with Gasteiger partial charge in [0.25, 0.3) is 0 Å². The Hall–Kier alpha value is -1.20. The van der Waals surface area contributed by atoms with E-state index in [1.54, 1.807) is 6.07 Å². The summed E-state index contributed by atoms with van der Waals surface area (Å²) in [6, 6.07) is 7.63. The van der Waals surface area contributed by atoms with Crippen molar-refractivity contribution in [3.05, 3.63) is 28.8 Å². The van der Waals surface area contributed by atoms with Crippen molar-refractivity contribution in [1.29, 1.82) is 5.26 Å². The molecule has 3 heteroatoms. The van der Waals surface area contributed by atoms with Crippen molar-refractivity contribution in [3.8, 4) is 6.07 Å². The van der Waals surface area contributed by atoms with E-state index >= 15 is 0 Å². The molecular weight excluding hydrogens is 184 g/mol. The lowest BCUT2D eigenvalue weighted by Crippen LogP contribution is -2.36. The summed E-state index contributed by atoms with van der Waals surface area (Å²) in [6.07, 6.45) is 1.25. The van der Waals surface area contributed by atoms with Crippen LogP contribution in [0.25, 0.3) is 0 Å². The number of hydrogen-bond donors (Lipinski definition) is 0. The van der Waals surface area contributed by atoms with Crippen LogP contribution in [0.15, 0.2) is 18.2 Å². The molecule has 1 heterocycles. The average Bonchev–Trinajstić information content (AvgIpc) is 2.01. The van der Waals surface area contributed by atoms with Gasteiger partial charge in [-0.1, -0.05) is 11.6 Å². The van der Waals surface area contributed by atoms with Crippen molar-refractivity contribution < 1.29 is 0 Å². The summed E-state index contributed by atoms with van der Waals surface area (Å²) >= 11 is 5.91. The molecule has 0 bridgehead atoms. The Morgan fingerprint density at radius 1 is 1.38 bits per heavy atom. The molecule has 1 fully saturated rings. The molecule has 1 aliphatic rings. The molecule has 0 atom stereocenters. The minimum absolute atomic E-state index is 0.547. The van der Waals surface area contributed by atoms with E-state index < -0.39 is 0 Å². The maximum atomic E-state index is 8.67. The standard InChI is InChI=1S/C10H9ClN2/c11-10-6-9(13-4-1-5-13)3-2-8(10)7-12/h2-3,6H,1,4-5H2. The minimum Gasteiger partial charge on any atom is -0.371 e. The van der Waals surface area contributed by atoms with Crippen molar-refractivity contribution in [2.24, 2.45) is 0 Å². The second-order valence-electron chi connectivity index (χ2n) is 3.12. The molecular formula is C10H9ClN2. The van der Waals surface area contributed by atoms with Gasteiger partial charge in [-0.2, -0.15) is 5.26 Å². The highest BCUT2D eigenvalue weighted by Gasteiger charge is 2.14. The van der Waals surface area contributed by atoms with Crippen molar-refractivity contribution in [3.63, 3.8) is 0 Å². The molecule has 0 radical (unpaired) electrons. The lowest BCUT2D eigenvalue weighted by atomic mass is 10.1. The summed E-state index contributed by atoms with van der Waals surface area (Å²) in [7, 11) is 0. The number of benzene rings is 1. The number of halogens is 1. The van der Waals surface area contributed by atoms with Gasteiger partial charge >= 0.3 is 0 Å². The normalized spacial score (nSPS) is 14.9. The van der Waals surface area contributed by atoms with Crippen LogP contribution in [-0.4, -0.2) is 13.1 Å². The summed E-state index contributed by atoms with van der Waals surface area (Å²) in [5.41, 5.74) is 1.67. The first-order valence-electron chi connectivity index (χ1n) is 4.26. The van der Waals surface area contributed by atoms with Gasteiger partial charge in [-0.05, 0) is 24.6 Å². The molecule has 0 aliphatic carbocycles. The molecule has 1 aromatic rings. The fourth-order valence-electron chi connectivity index (χ4n) is 1.37. The molecule has 1 saturated heterocycles. The third-order valence-electron chi connectivity index (χ3n) is 2.29. The molecule has 0 amide bonds. The quantitative estimate of drug-likeness (QED) is 0.684. The van der Waals surface area contributed by atoms with Crippen LogP contribution in [0, 0.1) is 11.3 Å². The van der Waals surface area contributed by atoms with Crippen LogP contribution in [0.2, 0.25) is 5.02 Å². The molecule has 2 nitrogen and oxygen atoms in total. The van der Waals surface area contributed by atoms with Crippen molar-refractivity contribution >= 4 is 17.3 Å². The molecule has 13 heavy (non-hydrogen) atoms.